The van der Waals surface area contributed by atoms with Gasteiger partial charge in [-0.05, 0) is 60.9 Å². The third-order valence-corrected chi connectivity index (χ3v) is 4.47. The number of aromatic nitrogens is 1. The molecule has 0 unspecified atom stereocenters. The number of nitrogens with zero attached hydrogens (tertiary/aromatic N) is 1. The fraction of sp³-hybridized carbons (Fsp3) is 0.174. The molecule has 0 atom stereocenters. The predicted octanol–water partition coefficient (Wildman–Crippen LogP) is 4.91. The van der Waals surface area contributed by atoms with E-state index in [-0.39, 0.29) is 11.8 Å². The van der Waals surface area contributed by atoms with Crippen LogP contribution in [0.1, 0.15) is 35.5 Å². The van der Waals surface area contributed by atoms with Gasteiger partial charge in [0.05, 0.1) is 0 Å². The minimum absolute atomic E-state index is 0.143. The normalized spacial score (nSPS) is 10.3. The zero-order valence-corrected chi connectivity index (χ0v) is 16.7. The highest BCUT2D eigenvalue weighted by molar-refractivity contribution is 6.03. The van der Waals surface area contributed by atoms with Crippen molar-refractivity contribution in [1.29, 1.82) is 0 Å². The molecule has 2 aromatic carbocycles. The van der Waals surface area contributed by atoms with Crippen LogP contribution in [0.2, 0.25) is 0 Å². The first-order valence-corrected chi connectivity index (χ1v) is 9.47. The number of pyridine rings is 1. The molecule has 1 aromatic heterocycles. The molecule has 0 aliphatic heterocycles. The highest BCUT2D eigenvalue weighted by Crippen LogP contribution is 2.25. The van der Waals surface area contributed by atoms with Gasteiger partial charge < -0.3 is 16.0 Å². The molecule has 6 nitrogen and oxygen atoms in total. The summed E-state index contributed by atoms with van der Waals surface area (Å²) < 4.78 is 0. The van der Waals surface area contributed by atoms with Gasteiger partial charge in [-0.3, -0.25) is 14.6 Å². The average molecular weight is 388 g/mol. The van der Waals surface area contributed by atoms with E-state index in [9.17, 15) is 9.59 Å². The minimum atomic E-state index is -0.304. The third kappa shape index (κ3) is 5.19. The lowest BCUT2D eigenvalue weighted by Gasteiger charge is -2.14. The van der Waals surface area contributed by atoms with Crippen molar-refractivity contribution in [3.63, 3.8) is 0 Å². The summed E-state index contributed by atoms with van der Waals surface area (Å²) in [6, 6.07) is 16.7. The largest absolute Gasteiger partial charge is 0.355 e. The number of rotatable bonds is 6. The quantitative estimate of drug-likeness (QED) is 0.560. The van der Waals surface area contributed by atoms with E-state index in [1.165, 1.54) is 12.5 Å². The van der Waals surface area contributed by atoms with Crippen LogP contribution in [0, 0.1) is 6.92 Å². The van der Waals surface area contributed by atoms with Crippen LogP contribution in [0.4, 0.5) is 22.7 Å². The standard InChI is InChI=1S/C23H24N4O2/c1-4-17-7-5-6-15(2)22(17)26-20-12-13-24-21(14-20)23(29)27-19-10-8-18(9-11-19)25-16(3)28/h5-14H,4H2,1-3H3,(H,24,26)(H,25,28)(H,27,29). The number of benzene rings is 2. The Kier molecular flexibility index (Phi) is 6.24. The number of nitrogens with one attached hydrogen (secondary N) is 3. The van der Waals surface area contributed by atoms with Gasteiger partial charge in [-0.1, -0.05) is 25.1 Å². The zero-order valence-electron chi connectivity index (χ0n) is 16.7. The molecule has 148 valence electrons. The Hall–Kier alpha value is -3.67. The van der Waals surface area contributed by atoms with Crippen molar-refractivity contribution in [2.24, 2.45) is 0 Å². The van der Waals surface area contributed by atoms with Gasteiger partial charge in [-0.15, -0.1) is 0 Å². The van der Waals surface area contributed by atoms with Gasteiger partial charge in [-0.25, -0.2) is 0 Å². The molecule has 0 radical (unpaired) electrons. The Labute approximate surface area is 170 Å². The van der Waals surface area contributed by atoms with Crippen LogP contribution in [0.25, 0.3) is 0 Å². The third-order valence-electron chi connectivity index (χ3n) is 4.47. The van der Waals surface area contributed by atoms with Gasteiger partial charge in [0.25, 0.3) is 5.91 Å². The summed E-state index contributed by atoms with van der Waals surface area (Å²) in [5.74, 6) is -0.448. The SMILES string of the molecule is CCc1cccc(C)c1Nc1ccnc(C(=O)Nc2ccc(NC(C)=O)cc2)c1. The van der Waals surface area contributed by atoms with Crippen LogP contribution in [-0.2, 0) is 11.2 Å². The number of para-hydroxylation sites is 1. The summed E-state index contributed by atoms with van der Waals surface area (Å²) in [7, 11) is 0. The smallest absolute Gasteiger partial charge is 0.274 e. The maximum Gasteiger partial charge on any atom is 0.274 e. The van der Waals surface area contributed by atoms with Crippen LogP contribution in [0.3, 0.4) is 0 Å². The predicted molar refractivity (Wildman–Crippen MR) is 117 cm³/mol. The van der Waals surface area contributed by atoms with E-state index < -0.39 is 0 Å². The molecular weight excluding hydrogens is 364 g/mol. The van der Waals surface area contributed by atoms with E-state index in [0.717, 1.165) is 23.4 Å². The maximum atomic E-state index is 12.6. The van der Waals surface area contributed by atoms with E-state index in [4.69, 9.17) is 0 Å². The zero-order chi connectivity index (χ0) is 20.8. The monoisotopic (exact) mass is 388 g/mol. The molecule has 0 aliphatic rings. The summed E-state index contributed by atoms with van der Waals surface area (Å²) in [5, 5.41) is 8.93. The molecule has 0 aliphatic carbocycles. The first kappa shape index (κ1) is 20.1. The second-order valence-electron chi connectivity index (χ2n) is 6.73. The molecule has 0 bridgehead atoms. The van der Waals surface area contributed by atoms with Crippen LogP contribution in [0.5, 0.6) is 0 Å². The number of aryl methyl sites for hydroxylation is 2. The van der Waals surface area contributed by atoms with Crippen LogP contribution in [0.15, 0.2) is 60.8 Å². The van der Waals surface area contributed by atoms with Gasteiger partial charge in [0.2, 0.25) is 5.91 Å². The Balaban J connectivity index is 1.74. The fourth-order valence-corrected chi connectivity index (χ4v) is 3.01. The number of anilines is 4. The second kappa shape index (κ2) is 9.01. The Morgan fingerprint density at radius 1 is 0.931 bits per heavy atom. The molecule has 2 amide bonds. The van der Waals surface area contributed by atoms with Crippen LogP contribution < -0.4 is 16.0 Å². The summed E-state index contributed by atoms with van der Waals surface area (Å²) in [6.45, 7) is 5.62. The summed E-state index contributed by atoms with van der Waals surface area (Å²) in [6.07, 6.45) is 2.53. The highest BCUT2D eigenvalue weighted by atomic mass is 16.2. The van der Waals surface area contributed by atoms with E-state index in [2.05, 4.69) is 46.9 Å². The molecule has 3 aromatic rings. The number of hydrogen-bond donors (Lipinski definition) is 3. The first-order chi connectivity index (χ1) is 14.0. The molecule has 0 saturated heterocycles. The Morgan fingerprint density at radius 3 is 2.28 bits per heavy atom. The van der Waals surface area contributed by atoms with Crippen molar-refractivity contribution in [3.05, 3.63) is 77.6 Å². The van der Waals surface area contributed by atoms with Gasteiger partial charge in [0.1, 0.15) is 5.69 Å². The number of amides is 2. The fourth-order valence-electron chi connectivity index (χ4n) is 3.01. The maximum absolute atomic E-state index is 12.6. The summed E-state index contributed by atoms with van der Waals surface area (Å²) >= 11 is 0. The van der Waals surface area contributed by atoms with Crippen LogP contribution >= 0.6 is 0 Å². The molecule has 0 spiro atoms. The van der Waals surface area contributed by atoms with Crippen molar-refractivity contribution in [2.45, 2.75) is 27.2 Å². The van der Waals surface area contributed by atoms with Gasteiger partial charge in [0.15, 0.2) is 0 Å². The highest BCUT2D eigenvalue weighted by Gasteiger charge is 2.10. The average Bonchev–Trinajstić information content (AvgIpc) is 2.71. The van der Waals surface area contributed by atoms with Gasteiger partial charge in [0, 0.05) is 35.9 Å². The molecular formula is C23H24N4O2. The molecule has 3 N–H and O–H groups in total. The van der Waals surface area contributed by atoms with Crippen molar-refractivity contribution in [1.82, 2.24) is 4.98 Å². The Morgan fingerprint density at radius 2 is 1.62 bits per heavy atom. The molecule has 29 heavy (non-hydrogen) atoms. The molecule has 3 rings (SSSR count). The lowest BCUT2D eigenvalue weighted by atomic mass is 10.1. The number of hydrogen-bond acceptors (Lipinski definition) is 4. The summed E-state index contributed by atoms with van der Waals surface area (Å²) in [5.41, 5.74) is 5.82. The molecule has 0 saturated carbocycles. The van der Waals surface area contributed by atoms with E-state index in [1.807, 2.05) is 12.1 Å². The van der Waals surface area contributed by atoms with Crippen molar-refractivity contribution in [3.8, 4) is 0 Å². The lowest BCUT2D eigenvalue weighted by Crippen LogP contribution is -2.14. The first-order valence-electron chi connectivity index (χ1n) is 9.47. The second-order valence-corrected chi connectivity index (χ2v) is 6.73. The number of carbonyl (C=O) groups excluding carboxylic acids is 2. The van der Waals surface area contributed by atoms with Gasteiger partial charge >= 0.3 is 0 Å². The van der Waals surface area contributed by atoms with Gasteiger partial charge in [-0.2, -0.15) is 0 Å². The van der Waals surface area contributed by atoms with Crippen molar-refractivity contribution < 1.29 is 9.59 Å². The molecule has 1 heterocycles. The van der Waals surface area contributed by atoms with E-state index in [0.29, 0.717) is 17.1 Å². The topological polar surface area (TPSA) is 83.1 Å². The Bertz CT molecular complexity index is 1030. The van der Waals surface area contributed by atoms with E-state index >= 15 is 0 Å². The molecule has 0 fully saturated rings. The van der Waals surface area contributed by atoms with E-state index in [1.54, 1.807) is 36.5 Å². The minimum Gasteiger partial charge on any atom is -0.355 e. The van der Waals surface area contributed by atoms with Crippen molar-refractivity contribution >= 4 is 34.6 Å². The lowest BCUT2D eigenvalue weighted by molar-refractivity contribution is -0.114. The molecule has 6 heteroatoms. The van der Waals surface area contributed by atoms with Crippen LogP contribution in [-0.4, -0.2) is 16.8 Å². The summed E-state index contributed by atoms with van der Waals surface area (Å²) in [4.78, 5) is 27.9. The number of carbonyl (C=O) groups is 2. The van der Waals surface area contributed by atoms with Crippen molar-refractivity contribution in [2.75, 3.05) is 16.0 Å².